The number of rotatable bonds is 1. The molecule has 3 aromatic carbocycles. The smallest absolute Gasteiger partial charge is 0.163 e. The van der Waals surface area contributed by atoms with Crippen molar-refractivity contribution in [3.05, 3.63) is 81.5 Å². The average molecular weight is 449 g/mol. The van der Waals surface area contributed by atoms with Crippen molar-refractivity contribution in [1.29, 1.82) is 0 Å². The minimum atomic E-state index is -0.182. The lowest BCUT2D eigenvalue weighted by Crippen LogP contribution is -2.33. The van der Waals surface area contributed by atoms with E-state index in [9.17, 15) is 9.90 Å². The Bertz CT molecular complexity index is 1190. The molecule has 0 spiro atoms. The topological polar surface area (TPSA) is 46.5 Å². The van der Waals surface area contributed by atoms with Crippen molar-refractivity contribution in [3.8, 4) is 11.5 Å². The molecular weight excluding hydrogens is 428 g/mol. The number of fused-ring (bicyclic) bond motifs is 3. The van der Waals surface area contributed by atoms with Gasteiger partial charge in [-0.3, -0.25) is 4.79 Å². The molecule has 146 valence electrons. The van der Waals surface area contributed by atoms with Gasteiger partial charge in [0.1, 0.15) is 17.3 Å². The van der Waals surface area contributed by atoms with E-state index in [-0.39, 0.29) is 22.9 Å². The van der Waals surface area contributed by atoms with E-state index in [0.717, 1.165) is 49.9 Å². The molecule has 0 radical (unpaired) electrons. The lowest BCUT2D eigenvalue weighted by Gasteiger charge is -2.38. The minimum Gasteiger partial charge on any atom is -0.508 e. The Morgan fingerprint density at radius 2 is 1.79 bits per heavy atom. The van der Waals surface area contributed by atoms with E-state index >= 15 is 0 Å². The van der Waals surface area contributed by atoms with E-state index in [1.807, 2.05) is 30.3 Å². The maximum atomic E-state index is 13.3. The molecule has 0 saturated carbocycles. The summed E-state index contributed by atoms with van der Waals surface area (Å²) < 4.78 is 7.34. The summed E-state index contributed by atoms with van der Waals surface area (Å²) in [7, 11) is 0. The fourth-order valence-corrected chi connectivity index (χ4v) is 4.93. The highest BCUT2D eigenvalue weighted by Gasteiger charge is 2.42. The highest BCUT2D eigenvalue weighted by atomic mass is 79.9. The van der Waals surface area contributed by atoms with Gasteiger partial charge < -0.3 is 9.84 Å². The predicted octanol–water partition coefficient (Wildman–Crippen LogP) is 6.48. The quantitative estimate of drug-likeness (QED) is 0.463. The van der Waals surface area contributed by atoms with E-state index in [2.05, 4.69) is 41.9 Å². The zero-order valence-electron chi connectivity index (χ0n) is 16.3. The van der Waals surface area contributed by atoms with Crippen LogP contribution in [0.15, 0.2) is 70.4 Å². The first-order valence-corrected chi connectivity index (χ1v) is 10.6. The molecule has 5 rings (SSSR count). The maximum Gasteiger partial charge on any atom is 0.163 e. The van der Waals surface area contributed by atoms with Gasteiger partial charge in [0.15, 0.2) is 5.78 Å². The number of hydrogen-bond acceptors (Lipinski definition) is 3. The van der Waals surface area contributed by atoms with Gasteiger partial charge in [0.2, 0.25) is 0 Å². The first-order valence-electron chi connectivity index (χ1n) is 9.78. The van der Waals surface area contributed by atoms with Crippen molar-refractivity contribution in [3.63, 3.8) is 0 Å². The molecule has 1 atom stereocenters. The van der Waals surface area contributed by atoms with Crippen molar-refractivity contribution in [2.75, 3.05) is 0 Å². The van der Waals surface area contributed by atoms with Crippen molar-refractivity contribution >= 4 is 32.5 Å². The largest absolute Gasteiger partial charge is 0.508 e. The average Bonchev–Trinajstić information content (AvgIpc) is 2.66. The minimum absolute atomic E-state index is 0.111. The number of phenolic OH excluding ortho intramolecular Hbond substituents is 1. The first kappa shape index (κ1) is 18.4. The van der Waals surface area contributed by atoms with Gasteiger partial charge in [0.25, 0.3) is 0 Å². The lowest BCUT2D eigenvalue weighted by molar-refractivity contribution is -0.118. The van der Waals surface area contributed by atoms with Gasteiger partial charge >= 0.3 is 0 Å². The van der Waals surface area contributed by atoms with Crippen molar-refractivity contribution in [1.82, 2.24) is 0 Å². The molecule has 1 aliphatic heterocycles. The van der Waals surface area contributed by atoms with Crippen LogP contribution in [-0.4, -0.2) is 10.9 Å². The Morgan fingerprint density at radius 1 is 1.03 bits per heavy atom. The summed E-state index contributed by atoms with van der Waals surface area (Å²) in [6.07, 6.45) is 1.26. The van der Waals surface area contributed by atoms with Gasteiger partial charge in [0.05, 0.1) is 0 Å². The highest BCUT2D eigenvalue weighted by Crippen LogP contribution is 2.52. The van der Waals surface area contributed by atoms with Crippen LogP contribution in [-0.2, 0) is 4.79 Å². The van der Waals surface area contributed by atoms with E-state index in [1.165, 1.54) is 0 Å². The fraction of sp³-hybridized carbons (Fsp3) is 0.240. The lowest BCUT2D eigenvalue weighted by atomic mass is 9.69. The van der Waals surface area contributed by atoms with Gasteiger partial charge in [0, 0.05) is 34.4 Å². The predicted molar refractivity (Wildman–Crippen MR) is 117 cm³/mol. The van der Waals surface area contributed by atoms with Gasteiger partial charge in [-0.1, -0.05) is 54.0 Å². The number of carbonyl (C=O) groups is 1. The molecule has 2 aliphatic rings. The second-order valence-electron chi connectivity index (χ2n) is 8.75. The summed E-state index contributed by atoms with van der Waals surface area (Å²) in [5.74, 6) is 1.79. The number of hydrogen-bond donors (Lipinski definition) is 1. The van der Waals surface area contributed by atoms with Crippen LogP contribution in [0.5, 0.6) is 11.5 Å². The summed E-state index contributed by atoms with van der Waals surface area (Å²) in [6.45, 7) is 4.23. The van der Waals surface area contributed by atoms with E-state index in [0.29, 0.717) is 6.42 Å². The summed E-state index contributed by atoms with van der Waals surface area (Å²) >= 11 is 3.51. The van der Waals surface area contributed by atoms with Crippen LogP contribution >= 0.6 is 15.9 Å². The van der Waals surface area contributed by atoms with Crippen molar-refractivity contribution < 1.29 is 14.6 Å². The Morgan fingerprint density at radius 3 is 2.55 bits per heavy atom. The summed E-state index contributed by atoms with van der Waals surface area (Å²) in [5.41, 5.74) is 2.73. The van der Waals surface area contributed by atoms with Gasteiger partial charge in [-0.25, -0.2) is 0 Å². The third-order valence-corrected chi connectivity index (χ3v) is 6.43. The van der Waals surface area contributed by atoms with E-state index < -0.39 is 0 Å². The molecule has 1 heterocycles. The van der Waals surface area contributed by atoms with Gasteiger partial charge in [-0.15, -0.1) is 0 Å². The molecule has 3 aromatic rings. The SMILES string of the molecule is CC1(C)CC(=O)C2=C(C1)Oc1ccc3cc(O)ccc3c1C2c1ccc(Br)cc1. The molecule has 0 saturated heterocycles. The van der Waals surface area contributed by atoms with Crippen LogP contribution < -0.4 is 4.74 Å². The van der Waals surface area contributed by atoms with Crippen LogP contribution in [0, 0.1) is 5.41 Å². The molecule has 0 bridgehead atoms. The Kier molecular flexibility index (Phi) is 4.11. The Labute approximate surface area is 178 Å². The summed E-state index contributed by atoms with van der Waals surface area (Å²) in [6, 6.07) is 17.5. The number of phenols is 1. The van der Waals surface area contributed by atoms with Crippen LogP contribution in [0.25, 0.3) is 10.8 Å². The number of ketones is 1. The summed E-state index contributed by atoms with van der Waals surface area (Å²) in [5, 5.41) is 11.9. The van der Waals surface area contributed by atoms with E-state index in [1.54, 1.807) is 12.1 Å². The molecule has 1 unspecified atom stereocenters. The molecule has 0 aromatic heterocycles. The van der Waals surface area contributed by atoms with E-state index in [4.69, 9.17) is 4.74 Å². The number of ether oxygens (including phenoxy) is 1. The fourth-order valence-electron chi connectivity index (χ4n) is 4.66. The Balaban J connectivity index is 1.81. The Hall–Kier alpha value is -2.59. The van der Waals surface area contributed by atoms with Gasteiger partial charge in [-0.05, 0) is 52.1 Å². The number of carbonyl (C=O) groups excluding carboxylic acids is 1. The highest BCUT2D eigenvalue weighted by molar-refractivity contribution is 9.10. The molecule has 0 amide bonds. The maximum absolute atomic E-state index is 13.3. The zero-order chi connectivity index (χ0) is 20.3. The second kappa shape index (κ2) is 6.46. The number of allylic oxidation sites excluding steroid dienone is 2. The van der Waals surface area contributed by atoms with Crippen molar-refractivity contribution in [2.45, 2.75) is 32.6 Å². The monoisotopic (exact) mass is 448 g/mol. The van der Waals surface area contributed by atoms with Crippen LogP contribution in [0.1, 0.15) is 43.7 Å². The van der Waals surface area contributed by atoms with Crippen LogP contribution in [0.4, 0.5) is 0 Å². The standard InChI is InChI=1S/C25H21BrO3/c1-25(2)12-19(28)24-21(13-25)29-20-10-5-15-11-17(27)8-9-18(15)23(20)22(24)14-3-6-16(26)7-4-14/h3-11,22,27H,12-13H2,1-2H3. The zero-order valence-corrected chi connectivity index (χ0v) is 17.9. The van der Waals surface area contributed by atoms with Gasteiger partial charge in [-0.2, -0.15) is 0 Å². The molecule has 3 nitrogen and oxygen atoms in total. The van der Waals surface area contributed by atoms with Crippen molar-refractivity contribution in [2.24, 2.45) is 5.41 Å². The molecule has 29 heavy (non-hydrogen) atoms. The van der Waals surface area contributed by atoms with Crippen LogP contribution in [0.3, 0.4) is 0 Å². The molecule has 0 fully saturated rings. The molecule has 4 heteroatoms. The molecule has 1 aliphatic carbocycles. The summed E-state index contributed by atoms with van der Waals surface area (Å²) in [4.78, 5) is 13.3. The number of halogens is 1. The second-order valence-corrected chi connectivity index (χ2v) is 9.66. The third-order valence-electron chi connectivity index (χ3n) is 5.90. The number of benzene rings is 3. The number of aromatic hydroxyl groups is 1. The number of Topliss-reactive ketones (excluding diaryl/α,β-unsaturated/α-hetero) is 1. The molecule has 1 N–H and O–H groups in total. The first-order chi connectivity index (χ1) is 13.8. The van der Waals surface area contributed by atoms with Crippen LogP contribution in [0.2, 0.25) is 0 Å². The third kappa shape index (κ3) is 3.06. The normalized spacial score (nSPS) is 20.2. The molecular formula is C25H21BrO3.